The van der Waals surface area contributed by atoms with Crippen molar-refractivity contribution in [1.29, 1.82) is 0 Å². The minimum atomic E-state index is -0.632. The van der Waals surface area contributed by atoms with Crippen LogP contribution in [0.1, 0.15) is 17.1 Å². The lowest BCUT2D eigenvalue weighted by Crippen LogP contribution is -2.17. The Labute approximate surface area is 155 Å². The highest BCUT2D eigenvalue weighted by atomic mass is 16.6. The van der Waals surface area contributed by atoms with Crippen molar-refractivity contribution in [2.24, 2.45) is 0 Å². The molecular weight excluding hydrogens is 352 g/mol. The third-order valence-electron chi connectivity index (χ3n) is 3.66. The quantitative estimate of drug-likeness (QED) is 0.653. The van der Waals surface area contributed by atoms with Crippen LogP contribution in [0, 0.1) is 6.92 Å². The van der Waals surface area contributed by atoms with Crippen LogP contribution in [0.2, 0.25) is 0 Å². The maximum atomic E-state index is 11.9. The molecule has 2 aromatic heterocycles. The summed E-state index contributed by atoms with van der Waals surface area (Å²) in [4.78, 5) is 23.9. The molecule has 3 rings (SSSR count). The summed E-state index contributed by atoms with van der Waals surface area (Å²) >= 11 is 0. The highest BCUT2D eigenvalue weighted by molar-refractivity contribution is 5.91. The Morgan fingerprint density at radius 2 is 1.30 bits per heavy atom. The van der Waals surface area contributed by atoms with Crippen molar-refractivity contribution < 1.29 is 27.9 Å². The fraction of sp³-hybridized carbons (Fsp3) is 0.158. The van der Waals surface area contributed by atoms with Crippen LogP contribution in [0.15, 0.2) is 63.8 Å². The van der Waals surface area contributed by atoms with E-state index in [0.29, 0.717) is 28.5 Å². The monoisotopic (exact) mass is 370 g/mol. The van der Waals surface area contributed by atoms with Crippen LogP contribution in [0.25, 0.3) is 0 Å². The second-order valence-corrected chi connectivity index (χ2v) is 5.54. The number of amides is 2. The maximum Gasteiger partial charge on any atom is 0.412 e. The van der Waals surface area contributed by atoms with Gasteiger partial charge in [0.2, 0.25) is 0 Å². The van der Waals surface area contributed by atoms with Gasteiger partial charge >= 0.3 is 12.2 Å². The van der Waals surface area contributed by atoms with Crippen LogP contribution in [-0.2, 0) is 22.7 Å². The van der Waals surface area contributed by atoms with Gasteiger partial charge in [0.1, 0.15) is 11.5 Å². The molecule has 0 spiro atoms. The summed E-state index contributed by atoms with van der Waals surface area (Å²) in [6.07, 6.45) is 1.74. The van der Waals surface area contributed by atoms with Gasteiger partial charge in [-0.1, -0.05) is 6.07 Å². The Morgan fingerprint density at radius 1 is 0.815 bits per heavy atom. The van der Waals surface area contributed by atoms with Gasteiger partial charge in [0.15, 0.2) is 13.2 Å². The van der Waals surface area contributed by atoms with Gasteiger partial charge in [-0.3, -0.25) is 10.6 Å². The zero-order valence-electron chi connectivity index (χ0n) is 14.6. The van der Waals surface area contributed by atoms with Crippen LogP contribution in [-0.4, -0.2) is 12.2 Å². The van der Waals surface area contributed by atoms with E-state index in [4.69, 9.17) is 18.3 Å². The smallest absolute Gasteiger partial charge is 0.412 e. The molecule has 0 saturated carbocycles. The average Bonchev–Trinajstić information content (AvgIpc) is 3.35. The van der Waals surface area contributed by atoms with Crippen molar-refractivity contribution in [3.63, 3.8) is 0 Å². The molecule has 0 aliphatic carbocycles. The first-order chi connectivity index (χ1) is 13.1. The molecule has 8 nitrogen and oxygen atoms in total. The second kappa shape index (κ2) is 8.61. The van der Waals surface area contributed by atoms with Gasteiger partial charge in [-0.15, -0.1) is 0 Å². The number of carbonyl (C=O) groups excluding carboxylic acids is 2. The minimum absolute atomic E-state index is 0.0227. The molecule has 1 aromatic carbocycles. The van der Waals surface area contributed by atoms with Crippen molar-refractivity contribution in [1.82, 2.24) is 0 Å². The van der Waals surface area contributed by atoms with E-state index in [9.17, 15) is 9.59 Å². The standard InChI is InChI=1S/C19H18N2O6/c1-13-16(20-18(22)26-11-14-5-3-9-24-14)7-2-8-17(13)21-19(23)27-12-15-6-4-10-25-15/h2-10H,11-12H2,1H3,(H,20,22)(H,21,23). The molecule has 0 radical (unpaired) electrons. The Balaban J connectivity index is 1.54. The predicted octanol–water partition coefficient (Wildman–Crippen LogP) is 4.68. The van der Waals surface area contributed by atoms with Gasteiger partial charge in [-0.05, 0) is 48.9 Å². The summed E-state index contributed by atoms with van der Waals surface area (Å²) in [6.45, 7) is 1.80. The Kier molecular flexibility index (Phi) is 5.78. The third kappa shape index (κ3) is 5.15. The average molecular weight is 370 g/mol. The highest BCUT2D eigenvalue weighted by Crippen LogP contribution is 2.24. The summed E-state index contributed by atoms with van der Waals surface area (Å²) in [7, 11) is 0. The first-order valence-electron chi connectivity index (χ1n) is 8.14. The molecule has 0 aliphatic rings. The summed E-state index contributed by atoms with van der Waals surface area (Å²) in [6, 6.07) is 11.9. The number of furan rings is 2. The zero-order chi connectivity index (χ0) is 19.1. The molecule has 2 amide bonds. The lowest BCUT2D eigenvalue weighted by molar-refractivity contribution is 0.145. The molecular formula is C19H18N2O6. The van der Waals surface area contributed by atoms with E-state index in [1.54, 1.807) is 49.4 Å². The number of anilines is 2. The first-order valence-corrected chi connectivity index (χ1v) is 8.14. The summed E-state index contributed by atoms with van der Waals surface area (Å²) in [5.41, 5.74) is 1.66. The first kappa shape index (κ1) is 18.1. The summed E-state index contributed by atoms with van der Waals surface area (Å²) < 4.78 is 20.4. The van der Waals surface area contributed by atoms with Crippen molar-refractivity contribution in [3.8, 4) is 0 Å². The fourth-order valence-corrected chi connectivity index (χ4v) is 2.26. The highest BCUT2D eigenvalue weighted by Gasteiger charge is 2.12. The lowest BCUT2D eigenvalue weighted by atomic mass is 10.1. The number of rotatable bonds is 6. The van der Waals surface area contributed by atoms with Crippen molar-refractivity contribution >= 4 is 23.6 Å². The van der Waals surface area contributed by atoms with Crippen LogP contribution < -0.4 is 10.6 Å². The molecule has 0 bridgehead atoms. The van der Waals surface area contributed by atoms with Gasteiger partial charge in [0, 0.05) is 11.4 Å². The van der Waals surface area contributed by atoms with Crippen LogP contribution >= 0.6 is 0 Å². The van der Waals surface area contributed by atoms with Gasteiger partial charge in [0.05, 0.1) is 12.5 Å². The van der Waals surface area contributed by atoms with Crippen LogP contribution in [0.3, 0.4) is 0 Å². The molecule has 0 aliphatic heterocycles. The Morgan fingerprint density at radius 3 is 1.70 bits per heavy atom. The zero-order valence-corrected chi connectivity index (χ0v) is 14.6. The van der Waals surface area contributed by atoms with E-state index >= 15 is 0 Å². The van der Waals surface area contributed by atoms with E-state index in [1.807, 2.05) is 0 Å². The normalized spacial score (nSPS) is 10.3. The largest absolute Gasteiger partial charge is 0.466 e. The molecule has 0 unspecified atom stereocenters. The number of ether oxygens (including phenoxy) is 2. The Bertz CT molecular complexity index is 817. The topological polar surface area (TPSA) is 103 Å². The molecule has 8 heteroatoms. The molecule has 0 atom stereocenters. The molecule has 2 heterocycles. The predicted molar refractivity (Wildman–Crippen MR) is 96.2 cm³/mol. The molecule has 0 fully saturated rings. The van der Waals surface area contributed by atoms with E-state index in [2.05, 4.69) is 10.6 Å². The SMILES string of the molecule is Cc1c(NC(=O)OCc2ccco2)cccc1NC(=O)OCc1ccco1. The number of benzene rings is 1. The van der Waals surface area contributed by atoms with E-state index in [-0.39, 0.29) is 13.2 Å². The molecule has 140 valence electrons. The molecule has 27 heavy (non-hydrogen) atoms. The number of nitrogens with one attached hydrogen (secondary N) is 2. The maximum absolute atomic E-state index is 11.9. The number of carbonyl (C=O) groups is 2. The van der Waals surface area contributed by atoms with Crippen molar-refractivity contribution in [2.45, 2.75) is 20.1 Å². The van der Waals surface area contributed by atoms with E-state index in [1.165, 1.54) is 12.5 Å². The lowest BCUT2D eigenvalue weighted by Gasteiger charge is -2.13. The second-order valence-electron chi connectivity index (χ2n) is 5.54. The van der Waals surface area contributed by atoms with Gasteiger partial charge in [-0.25, -0.2) is 9.59 Å². The Hall–Kier alpha value is -3.68. The van der Waals surface area contributed by atoms with Crippen LogP contribution in [0.4, 0.5) is 21.0 Å². The van der Waals surface area contributed by atoms with Crippen molar-refractivity contribution in [3.05, 3.63) is 72.1 Å². The van der Waals surface area contributed by atoms with E-state index in [0.717, 1.165) is 0 Å². The molecule has 0 saturated heterocycles. The number of hydrogen-bond acceptors (Lipinski definition) is 6. The summed E-state index contributed by atoms with van der Waals surface area (Å²) in [5, 5.41) is 5.26. The van der Waals surface area contributed by atoms with Gasteiger partial charge in [0.25, 0.3) is 0 Å². The van der Waals surface area contributed by atoms with Crippen molar-refractivity contribution in [2.75, 3.05) is 10.6 Å². The number of hydrogen-bond donors (Lipinski definition) is 2. The third-order valence-corrected chi connectivity index (χ3v) is 3.66. The minimum Gasteiger partial charge on any atom is -0.466 e. The van der Waals surface area contributed by atoms with Gasteiger partial charge < -0.3 is 18.3 Å². The molecule has 2 N–H and O–H groups in total. The van der Waals surface area contributed by atoms with E-state index < -0.39 is 12.2 Å². The fourth-order valence-electron chi connectivity index (χ4n) is 2.26. The van der Waals surface area contributed by atoms with Gasteiger partial charge in [-0.2, -0.15) is 0 Å². The summed E-state index contributed by atoms with van der Waals surface area (Å²) in [5.74, 6) is 1.08. The molecule has 3 aromatic rings. The van der Waals surface area contributed by atoms with Crippen LogP contribution in [0.5, 0.6) is 0 Å².